The van der Waals surface area contributed by atoms with E-state index in [4.69, 9.17) is 25.5 Å². The molecule has 0 saturated heterocycles. The zero-order chi connectivity index (χ0) is 18.0. The second-order valence-electron chi connectivity index (χ2n) is 5.67. The molecule has 0 radical (unpaired) electrons. The molecule has 0 aliphatic heterocycles. The molecule has 1 amide bonds. The van der Waals surface area contributed by atoms with Crippen molar-refractivity contribution in [2.75, 3.05) is 19.5 Å². The summed E-state index contributed by atoms with van der Waals surface area (Å²) in [6.45, 7) is 1.99. The van der Waals surface area contributed by atoms with Crippen molar-refractivity contribution >= 4 is 34.2 Å². The molecule has 3 aromatic rings. The zero-order valence-electron chi connectivity index (χ0n) is 14.2. The Balaban J connectivity index is 1.82. The SMILES string of the molecule is COc1cc(NC(=O)Cc2coc3cc(C)ccc23)c(OC)cc1Cl. The number of amides is 1. The second-order valence-corrected chi connectivity index (χ2v) is 6.08. The number of rotatable bonds is 5. The summed E-state index contributed by atoms with van der Waals surface area (Å²) in [5.41, 5.74) is 3.20. The van der Waals surface area contributed by atoms with Crippen molar-refractivity contribution in [3.8, 4) is 11.5 Å². The number of anilines is 1. The molecule has 0 fully saturated rings. The summed E-state index contributed by atoms with van der Waals surface area (Å²) in [4.78, 5) is 12.5. The molecule has 0 unspecified atom stereocenters. The van der Waals surface area contributed by atoms with Crippen molar-refractivity contribution in [2.45, 2.75) is 13.3 Å². The highest BCUT2D eigenvalue weighted by Gasteiger charge is 2.15. The number of methoxy groups -OCH3 is 2. The van der Waals surface area contributed by atoms with E-state index in [1.165, 1.54) is 14.2 Å². The van der Waals surface area contributed by atoms with Gasteiger partial charge in [-0.05, 0) is 18.6 Å². The number of carbonyl (C=O) groups excluding carboxylic acids is 1. The smallest absolute Gasteiger partial charge is 0.229 e. The van der Waals surface area contributed by atoms with Crippen LogP contribution in [-0.2, 0) is 11.2 Å². The monoisotopic (exact) mass is 359 g/mol. The Morgan fingerprint density at radius 1 is 1.16 bits per heavy atom. The summed E-state index contributed by atoms with van der Waals surface area (Å²) in [6.07, 6.45) is 1.80. The number of nitrogens with one attached hydrogen (secondary N) is 1. The van der Waals surface area contributed by atoms with E-state index in [2.05, 4.69) is 5.32 Å². The molecule has 1 aromatic heterocycles. The number of furan rings is 1. The maximum absolute atomic E-state index is 12.5. The molecule has 6 heteroatoms. The standard InChI is InChI=1S/C19H18ClNO4/c1-11-4-5-13-12(10-25-16(13)6-11)7-19(22)21-15-9-17(23-2)14(20)8-18(15)24-3/h4-6,8-10H,7H2,1-3H3,(H,21,22). The van der Waals surface area contributed by atoms with Crippen LogP contribution >= 0.6 is 11.6 Å². The summed E-state index contributed by atoms with van der Waals surface area (Å²) in [5, 5.41) is 4.18. The van der Waals surface area contributed by atoms with Gasteiger partial charge in [-0.25, -0.2) is 0 Å². The average molecular weight is 360 g/mol. The molecule has 0 atom stereocenters. The molecule has 2 aromatic carbocycles. The molecular formula is C19H18ClNO4. The van der Waals surface area contributed by atoms with E-state index in [9.17, 15) is 4.79 Å². The van der Waals surface area contributed by atoms with Gasteiger partial charge in [0.25, 0.3) is 0 Å². The van der Waals surface area contributed by atoms with E-state index < -0.39 is 0 Å². The van der Waals surface area contributed by atoms with Crippen LogP contribution in [-0.4, -0.2) is 20.1 Å². The van der Waals surface area contributed by atoms with Crippen LogP contribution in [0.5, 0.6) is 11.5 Å². The van der Waals surface area contributed by atoms with Gasteiger partial charge >= 0.3 is 0 Å². The number of hydrogen-bond acceptors (Lipinski definition) is 4. The fraction of sp³-hybridized carbons (Fsp3) is 0.211. The van der Waals surface area contributed by atoms with Gasteiger partial charge in [-0.2, -0.15) is 0 Å². The molecule has 1 heterocycles. The lowest BCUT2D eigenvalue weighted by Crippen LogP contribution is -2.15. The maximum atomic E-state index is 12.5. The maximum Gasteiger partial charge on any atom is 0.229 e. The molecule has 0 saturated carbocycles. The zero-order valence-corrected chi connectivity index (χ0v) is 14.9. The first-order valence-electron chi connectivity index (χ1n) is 7.70. The Labute approximate surface area is 150 Å². The molecule has 25 heavy (non-hydrogen) atoms. The lowest BCUT2D eigenvalue weighted by atomic mass is 10.1. The van der Waals surface area contributed by atoms with Crippen molar-refractivity contribution in [1.29, 1.82) is 0 Å². The van der Waals surface area contributed by atoms with Gasteiger partial charge in [-0.3, -0.25) is 4.79 Å². The topological polar surface area (TPSA) is 60.7 Å². The third-order valence-corrected chi connectivity index (χ3v) is 4.21. The highest BCUT2D eigenvalue weighted by Crippen LogP contribution is 2.36. The Kier molecular flexibility index (Phi) is 4.86. The normalized spacial score (nSPS) is 10.7. The average Bonchev–Trinajstić information content (AvgIpc) is 2.97. The number of fused-ring (bicyclic) bond motifs is 1. The largest absolute Gasteiger partial charge is 0.495 e. The summed E-state index contributed by atoms with van der Waals surface area (Å²) >= 11 is 6.08. The van der Waals surface area contributed by atoms with Crippen molar-refractivity contribution in [3.63, 3.8) is 0 Å². The van der Waals surface area contributed by atoms with Crippen molar-refractivity contribution in [2.24, 2.45) is 0 Å². The van der Waals surface area contributed by atoms with Crippen LogP contribution in [0.3, 0.4) is 0 Å². The summed E-state index contributed by atoms with van der Waals surface area (Å²) < 4.78 is 16.0. The van der Waals surface area contributed by atoms with E-state index in [1.807, 2.05) is 25.1 Å². The quantitative estimate of drug-likeness (QED) is 0.723. The van der Waals surface area contributed by atoms with E-state index in [1.54, 1.807) is 18.4 Å². The van der Waals surface area contributed by atoms with Gasteiger partial charge in [0, 0.05) is 23.1 Å². The summed E-state index contributed by atoms with van der Waals surface area (Å²) in [7, 11) is 3.03. The van der Waals surface area contributed by atoms with E-state index >= 15 is 0 Å². The first kappa shape index (κ1) is 17.2. The first-order chi connectivity index (χ1) is 12.0. The second kappa shape index (κ2) is 7.07. The minimum atomic E-state index is -0.189. The van der Waals surface area contributed by atoms with Gasteiger partial charge in [-0.15, -0.1) is 0 Å². The first-order valence-corrected chi connectivity index (χ1v) is 8.07. The molecule has 0 aliphatic carbocycles. The Bertz CT molecular complexity index is 933. The minimum Gasteiger partial charge on any atom is -0.495 e. The van der Waals surface area contributed by atoms with Crippen molar-refractivity contribution in [1.82, 2.24) is 0 Å². The minimum absolute atomic E-state index is 0.185. The van der Waals surface area contributed by atoms with E-state index in [0.29, 0.717) is 22.2 Å². The summed E-state index contributed by atoms with van der Waals surface area (Å²) in [6, 6.07) is 9.14. The van der Waals surface area contributed by atoms with Crippen molar-refractivity contribution < 1.29 is 18.7 Å². The fourth-order valence-corrected chi connectivity index (χ4v) is 2.88. The highest BCUT2D eigenvalue weighted by molar-refractivity contribution is 6.32. The molecule has 0 aliphatic rings. The number of aryl methyl sites for hydroxylation is 1. The predicted molar refractivity (Wildman–Crippen MR) is 97.8 cm³/mol. The Hall–Kier alpha value is -2.66. The Morgan fingerprint density at radius 2 is 1.92 bits per heavy atom. The summed E-state index contributed by atoms with van der Waals surface area (Å²) in [5.74, 6) is 0.736. The van der Waals surface area contributed by atoms with Crippen LogP contribution in [0.15, 0.2) is 41.0 Å². The number of hydrogen-bond donors (Lipinski definition) is 1. The highest BCUT2D eigenvalue weighted by atomic mass is 35.5. The Morgan fingerprint density at radius 3 is 2.64 bits per heavy atom. The number of ether oxygens (including phenoxy) is 2. The van der Waals surface area contributed by atoms with Crippen LogP contribution in [0.1, 0.15) is 11.1 Å². The van der Waals surface area contributed by atoms with Gasteiger partial charge in [-0.1, -0.05) is 23.7 Å². The van der Waals surface area contributed by atoms with Crippen LogP contribution in [0.2, 0.25) is 5.02 Å². The van der Waals surface area contributed by atoms with Gasteiger partial charge < -0.3 is 19.2 Å². The van der Waals surface area contributed by atoms with E-state index in [0.717, 1.165) is 22.1 Å². The molecule has 0 spiro atoms. The van der Waals surface area contributed by atoms with Gasteiger partial charge in [0.1, 0.15) is 17.1 Å². The number of carbonyl (C=O) groups is 1. The van der Waals surface area contributed by atoms with Crippen LogP contribution < -0.4 is 14.8 Å². The lowest BCUT2D eigenvalue weighted by Gasteiger charge is -2.13. The van der Waals surface area contributed by atoms with Gasteiger partial charge in [0.05, 0.1) is 37.6 Å². The van der Waals surface area contributed by atoms with Crippen LogP contribution in [0, 0.1) is 6.92 Å². The predicted octanol–water partition coefficient (Wildman–Crippen LogP) is 4.59. The third kappa shape index (κ3) is 3.56. The molecule has 5 nitrogen and oxygen atoms in total. The van der Waals surface area contributed by atoms with Crippen LogP contribution in [0.25, 0.3) is 11.0 Å². The number of halogens is 1. The molecule has 130 valence electrons. The third-order valence-electron chi connectivity index (χ3n) is 3.91. The molecule has 1 N–H and O–H groups in total. The molecular weight excluding hydrogens is 342 g/mol. The lowest BCUT2D eigenvalue weighted by molar-refractivity contribution is -0.115. The van der Waals surface area contributed by atoms with Crippen LogP contribution in [0.4, 0.5) is 5.69 Å². The van der Waals surface area contributed by atoms with Crippen molar-refractivity contribution in [3.05, 3.63) is 52.7 Å². The molecule has 3 rings (SSSR count). The van der Waals surface area contributed by atoms with E-state index in [-0.39, 0.29) is 12.3 Å². The van der Waals surface area contributed by atoms with Gasteiger partial charge in [0.15, 0.2) is 0 Å². The molecule has 0 bridgehead atoms. The number of benzene rings is 2. The fourth-order valence-electron chi connectivity index (χ4n) is 2.65. The van der Waals surface area contributed by atoms with Gasteiger partial charge in [0.2, 0.25) is 5.91 Å².